The summed E-state index contributed by atoms with van der Waals surface area (Å²) in [6.07, 6.45) is 12.1. The van der Waals surface area contributed by atoms with Crippen molar-refractivity contribution in [3.8, 4) is 0 Å². The Bertz CT molecular complexity index is 208. The zero-order valence-corrected chi connectivity index (χ0v) is 10.7. The zero-order chi connectivity index (χ0) is 11.0. The van der Waals surface area contributed by atoms with E-state index in [0.717, 1.165) is 36.2 Å². The number of unbranched alkanes of at least 4 members (excludes halogenated alkanes) is 1. The predicted octanol–water partition coefficient (Wildman–Crippen LogP) is 3.88. The second-order valence-corrected chi connectivity index (χ2v) is 6.58. The van der Waals surface area contributed by atoms with Gasteiger partial charge in [-0.15, -0.1) is 0 Å². The Kier molecular flexibility index (Phi) is 3.24. The molecule has 16 heavy (non-hydrogen) atoms. The van der Waals surface area contributed by atoms with Crippen LogP contribution in [-0.4, -0.2) is 13.7 Å². The number of rotatable bonds is 5. The highest BCUT2D eigenvalue weighted by molar-refractivity contribution is 4.97. The van der Waals surface area contributed by atoms with Crippen molar-refractivity contribution < 1.29 is 4.74 Å². The highest BCUT2D eigenvalue weighted by Crippen LogP contribution is 2.57. The first-order valence-corrected chi connectivity index (χ1v) is 7.35. The van der Waals surface area contributed by atoms with Gasteiger partial charge in [-0.1, -0.05) is 6.42 Å². The molecule has 0 aromatic heterocycles. The van der Waals surface area contributed by atoms with Crippen molar-refractivity contribution in [3.05, 3.63) is 0 Å². The molecule has 0 unspecified atom stereocenters. The predicted molar refractivity (Wildman–Crippen MR) is 66.3 cm³/mol. The monoisotopic (exact) mass is 222 g/mol. The summed E-state index contributed by atoms with van der Waals surface area (Å²) in [4.78, 5) is 0. The second-order valence-electron chi connectivity index (χ2n) is 6.58. The molecule has 0 saturated heterocycles. The van der Waals surface area contributed by atoms with Crippen LogP contribution >= 0.6 is 0 Å². The Balaban J connectivity index is 1.52. The van der Waals surface area contributed by atoms with Gasteiger partial charge in [-0.3, -0.25) is 0 Å². The van der Waals surface area contributed by atoms with Gasteiger partial charge in [0, 0.05) is 13.7 Å². The lowest BCUT2D eigenvalue weighted by molar-refractivity contribution is -0.0408. The summed E-state index contributed by atoms with van der Waals surface area (Å²) in [5.41, 5.74) is 0. The Morgan fingerprint density at radius 1 is 0.875 bits per heavy atom. The fourth-order valence-corrected chi connectivity index (χ4v) is 5.14. The molecule has 1 nitrogen and oxygen atoms in total. The van der Waals surface area contributed by atoms with E-state index < -0.39 is 0 Å². The lowest BCUT2D eigenvalue weighted by atomic mass is 9.51. The van der Waals surface area contributed by atoms with E-state index in [0.29, 0.717) is 0 Å². The molecule has 4 saturated carbocycles. The SMILES string of the molecule is COCCCCC1C2CC3CC(C2)CC1C3. The normalized spacial score (nSPS) is 45.2. The van der Waals surface area contributed by atoms with Crippen molar-refractivity contribution in [2.45, 2.75) is 51.4 Å². The van der Waals surface area contributed by atoms with Gasteiger partial charge in [-0.05, 0) is 74.5 Å². The van der Waals surface area contributed by atoms with Gasteiger partial charge in [0.2, 0.25) is 0 Å². The molecular formula is C15H26O. The van der Waals surface area contributed by atoms with E-state index in [2.05, 4.69) is 0 Å². The van der Waals surface area contributed by atoms with Crippen LogP contribution in [0.4, 0.5) is 0 Å². The second kappa shape index (κ2) is 4.68. The lowest BCUT2D eigenvalue weighted by Crippen LogP contribution is -2.44. The first-order chi connectivity index (χ1) is 7.86. The average Bonchev–Trinajstić information content (AvgIpc) is 2.26. The molecule has 4 aliphatic carbocycles. The maximum Gasteiger partial charge on any atom is 0.0462 e. The molecule has 0 atom stereocenters. The molecule has 4 aliphatic rings. The summed E-state index contributed by atoms with van der Waals surface area (Å²) in [6, 6.07) is 0. The van der Waals surface area contributed by atoms with E-state index in [9.17, 15) is 0 Å². The third-order valence-electron chi connectivity index (χ3n) is 5.56. The van der Waals surface area contributed by atoms with Crippen LogP contribution < -0.4 is 0 Å². The molecule has 0 aromatic carbocycles. The van der Waals surface area contributed by atoms with Crippen LogP contribution in [0.15, 0.2) is 0 Å². The summed E-state index contributed by atoms with van der Waals surface area (Å²) < 4.78 is 5.15. The van der Waals surface area contributed by atoms with Crippen molar-refractivity contribution in [2.24, 2.45) is 29.6 Å². The molecule has 1 heteroatoms. The van der Waals surface area contributed by atoms with Gasteiger partial charge < -0.3 is 4.74 Å². The van der Waals surface area contributed by atoms with Crippen molar-refractivity contribution in [2.75, 3.05) is 13.7 Å². The minimum absolute atomic E-state index is 0.966. The van der Waals surface area contributed by atoms with E-state index in [-0.39, 0.29) is 0 Å². The van der Waals surface area contributed by atoms with E-state index >= 15 is 0 Å². The van der Waals surface area contributed by atoms with Gasteiger partial charge >= 0.3 is 0 Å². The summed E-state index contributed by atoms with van der Waals surface area (Å²) in [5, 5.41) is 0. The van der Waals surface area contributed by atoms with Crippen molar-refractivity contribution in [1.82, 2.24) is 0 Å². The fraction of sp³-hybridized carbons (Fsp3) is 1.00. The van der Waals surface area contributed by atoms with Gasteiger partial charge in [0.15, 0.2) is 0 Å². The summed E-state index contributed by atoms with van der Waals surface area (Å²) in [7, 11) is 1.82. The average molecular weight is 222 g/mol. The smallest absolute Gasteiger partial charge is 0.0462 e. The fourth-order valence-electron chi connectivity index (χ4n) is 5.14. The Hall–Kier alpha value is -0.0400. The number of methoxy groups -OCH3 is 1. The quantitative estimate of drug-likeness (QED) is 0.642. The van der Waals surface area contributed by atoms with Crippen LogP contribution in [0.2, 0.25) is 0 Å². The summed E-state index contributed by atoms with van der Waals surface area (Å²) >= 11 is 0. The molecule has 0 heterocycles. The molecule has 0 N–H and O–H groups in total. The van der Waals surface area contributed by atoms with Gasteiger partial charge in [0.25, 0.3) is 0 Å². The first kappa shape index (κ1) is 11.1. The molecule has 0 amide bonds. The maximum absolute atomic E-state index is 5.15. The minimum atomic E-state index is 0.966. The van der Waals surface area contributed by atoms with Gasteiger partial charge in [-0.25, -0.2) is 0 Å². The van der Waals surface area contributed by atoms with Crippen molar-refractivity contribution >= 4 is 0 Å². The third kappa shape index (κ3) is 2.03. The molecule has 0 aromatic rings. The van der Waals surface area contributed by atoms with Crippen molar-refractivity contribution in [1.29, 1.82) is 0 Å². The standard InChI is InChI=1S/C15H26O/c1-16-5-3-2-4-15-13-7-11-6-12(9-13)10-14(15)8-11/h11-15H,2-10H2,1H3. The maximum atomic E-state index is 5.15. The number of hydrogen-bond acceptors (Lipinski definition) is 1. The Labute approximate surface area is 99.9 Å². The number of ether oxygens (including phenoxy) is 1. The molecule has 4 rings (SSSR count). The van der Waals surface area contributed by atoms with E-state index in [4.69, 9.17) is 4.74 Å². The molecule has 0 spiro atoms. The molecule has 0 aliphatic heterocycles. The lowest BCUT2D eigenvalue weighted by Gasteiger charge is -2.54. The molecule has 92 valence electrons. The summed E-state index contributed by atoms with van der Waals surface area (Å²) in [6.45, 7) is 0.966. The molecule has 0 radical (unpaired) electrons. The topological polar surface area (TPSA) is 9.23 Å². The molecule has 4 bridgehead atoms. The summed E-state index contributed by atoms with van der Waals surface area (Å²) in [5.74, 6) is 5.62. The number of hydrogen-bond donors (Lipinski definition) is 0. The molecular weight excluding hydrogens is 196 g/mol. The largest absolute Gasteiger partial charge is 0.385 e. The third-order valence-corrected chi connectivity index (χ3v) is 5.56. The van der Waals surface area contributed by atoms with Crippen LogP contribution in [0, 0.1) is 29.6 Å². The van der Waals surface area contributed by atoms with Gasteiger partial charge in [-0.2, -0.15) is 0 Å². The first-order valence-electron chi connectivity index (χ1n) is 7.35. The van der Waals surface area contributed by atoms with Crippen LogP contribution in [0.25, 0.3) is 0 Å². The Morgan fingerprint density at radius 2 is 1.50 bits per heavy atom. The van der Waals surface area contributed by atoms with Crippen LogP contribution in [-0.2, 0) is 4.74 Å². The van der Waals surface area contributed by atoms with Crippen LogP contribution in [0.5, 0.6) is 0 Å². The zero-order valence-electron chi connectivity index (χ0n) is 10.7. The highest BCUT2D eigenvalue weighted by atomic mass is 16.5. The van der Waals surface area contributed by atoms with Crippen LogP contribution in [0.1, 0.15) is 51.4 Å². The van der Waals surface area contributed by atoms with E-state index in [1.165, 1.54) is 19.3 Å². The Morgan fingerprint density at radius 3 is 2.06 bits per heavy atom. The van der Waals surface area contributed by atoms with E-state index in [1.54, 1.807) is 32.1 Å². The molecule has 4 fully saturated rings. The van der Waals surface area contributed by atoms with E-state index in [1.807, 2.05) is 7.11 Å². The van der Waals surface area contributed by atoms with Gasteiger partial charge in [0.05, 0.1) is 0 Å². The minimum Gasteiger partial charge on any atom is -0.385 e. The highest BCUT2D eigenvalue weighted by Gasteiger charge is 2.47. The van der Waals surface area contributed by atoms with Gasteiger partial charge in [0.1, 0.15) is 0 Å². The van der Waals surface area contributed by atoms with Crippen LogP contribution in [0.3, 0.4) is 0 Å². The van der Waals surface area contributed by atoms with Crippen molar-refractivity contribution in [3.63, 3.8) is 0 Å².